The lowest BCUT2D eigenvalue weighted by Gasteiger charge is -2.28. The van der Waals surface area contributed by atoms with Crippen LogP contribution in [0.2, 0.25) is 0 Å². The molecule has 0 radical (unpaired) electrons. The van der Waals surface area contributed by atoms with E-state index in [2.05, 4.69) is 0 Å². The first-order valence-corrected chi connectivity index (χ1v) is 10.9. The van der Waals surface area contributed by atoms with Crippen molar-refractivity contribution in [1.82, 2.24) is 0 Å². The van der Waals surface area contributed by atoms with Crippen LogP contribution in [0.1, 0.15) is 37.3 Å². The number of rotatable bonds is 10. The first-order valence-electron chi connectivity index (χ1n) is 10.9. The van der Waals surface area contributed by atoms with Gasteiger partial charge < -0.3 is 34.2 Å². The van der Waals surface area contributed by atoms with Crippen molar-refractivity contribution in [1.29, 1.82) is 0 Å². The second-order valence-corrected chi connectivity index (χ2v) is 7.37. The van der Waals surface area contributed by atoms with Crippen molar-refractivity contribution in [2.45, 2.75) is 32.8 Å². The van der Waals surface area contributed by atoms with E-state index in [0.717, 1.165) is 5.56 Å². The largest absolute Gasteiger partial charge is 0.497 e. The molecule has 2 aromatic rings. The number of ether oxygens (including phenoxy) is 6. The Kier molecular flexibility index (Phi) is 8.24. The van der Waals surface area contributed by atoms with Crippen molar-refractivity contribution in [2.75, 3.05) is 27.4 Å². The molecule has 0 aliphatic carbocycles. The van der Waals surface area contributed by atoms with Crippen molar-refractivity contribution >= 4 is 11.9 Å². The quantitative estimate of drug-likeness (QED) is 0.520. The molecule has 0 amide bonds. The molecule has 1 heterocycles. The second kappa shape index (κ2) is 11.3. The lowest BCUT2D eigenvalue weighted by molar-refractivity contribution is -0.143. The summed E-state index contributed by atoms with van der Waals surface area (Å²) >= 11 is 0. The summed E-state index contributed by atoms with van der Waals surface area (Å²) in [6.07, 6.45) is -0.102. The molecule has 9 heteroatoms. The molecule has 0 saturated heterocycles. The summed E-state index contributed by atoms with van der Waals surface area (Å²) in [6, 6.07) is 10.6. The lowest BCUT2D eigenvalue weighted by atomic mass is 9.86. The number of fused-ring (bicyclic) bond motifs is 1. The molecule has 182 valence electrons. The maximum Gasteiger partial charge on any atom is 0.340 e. The minimum atomic E-state index is -0.706. The molecule has 9 nitrogen and oxygen atoms in total. The average molecular weight is 472 g/mol. The summed E-state index contributed by atoms with van der Waals surface area (Å²) in [5.41, 5.74) is 7.54. The third-order valence-corrected chi connectivity index (χ3v) is 5.18. The smallest absolute Gasteiger partial charge is 0.340 e. The van der Waals surface area contributed by atoms with E-state index >= 15 is 0 Å². The van der Waals surface area contributed by atoms with Gasteiger partial charge in [-0.25, -0.2) is 4.79 Å². The van der Waals surface area contributed by atoms with Gasteiger partial charge in [0.2, 0.25) is 5.88 Å². The zero-order chi connectivity index (χ0) is 24.7. The monoisotopic (exact) mass is 471 g/mol. The highest BCUT2D eigenvalue weighted by Crippen LogP contribution is 2.42. The SMILES string of the molecule is CCOC(=O)CC1C(C(=O)OCC)=C(N)Oc2ccc(OCc3cc(OC)cc(OC)c3)cc21. The molecule has 0 bridgehead atoms. The number of carbonyl (C=O) groups excluding carboxylic acids is 2. The topological polar surface area (TPSA) is 116 Å². The molecular weight excluding hydrogens is 442 g/mol. The minimum absolute atomic E-state index is 0.0806. The van der Waals surface area contributed by atoms with Gasteiger partial charge in [0.05, 0.1) is 33.9 Å². The molecule has 3 rings (SSSR count). The number of hydrogen-bond acceptors (Lipinski definition) is 9. The van der Waals surface area contributed by atoms with Crippen LogP contribution in [0.25, 0.3) is 0 Å². The van der Waals surface area contributed by atoms with Crippen LogP contribution in [0.4, 0.5) is 0 Å². The lowest BCUT2D eigenvalue weighted by Crippen LogP contribution is -2.28. The Balaban J connectivity index is 1.90. The van der Waals surface area contributed by atoms with Gasteiger partial charge in [-0.3, -0.25) is 4.79 Å². The molecule has 1 atom stereocenters. The highest BCUT2D eigenvalue weighted by molar-refractivity contribution is 5.92. The maximum absolute atomic E-state index is 12.6. The van der Waals surface area contributed by atoms with Crippen LogP contribution in [0.3, 0.4) is 0 Å². The Morgan fingerprint density at radius 1 is 0.941 bits per heavy atom. The summed E-state index contributed by atoms with van der Waals surface area (Å²) in [7, 11) is 3.15. The molecular formula is C25H29NO8. The predicted octanol–water partition coefficient (Wildman–Crippen LogP) is 3.45. The predicted molar refractivity (Wildman–Crippen MR) is 123 cm³/mol. The van der Waals surface area contributed by atoms with Crippen LogP contribution in [-0.2, 0) is 25.7 Å². The zero-order valence-electron chi connectivity index (χ0n) is 19.7. The number of benzene rings is 2. The number of hydrogen-bond donors (Lipinski definition) is 1. The molecule has 1 aliphatic rings. The first kappa shape index (κ1) is 24.8. The Labute approximate surface area is 198 Å². The highest BCUT2D eigenvalue weighted by atomic mass is 16.5. The number of methoxy groups -OCH3 is 2. The molecule has 34 heavy (non-hydrogen) atoms. The van der Waals surface area contributed by atoms with E-state index in [1.54, 1.807) is 52.3 Å². The molecule has 0 spiro atoms. The summed E-state index contributed by atoms with van der Waals surface area (Å²) in [5, 5.41) is 0. The van der Waals surface area contributed by atoms with Crippen molar-refractivity contribution in [2.24, 2.45) is 5.73 Å². The van der Waals surface area contributed by atoms with E-state index in [1.165, 1.54) is 0 Å². The maximum atomic E-state index is 12.6. The van der Waals surface area contributed by atoms with Gasteiger partial charge in [0.15, 0.2) is 0 Å². The molecule has 1 aliphatic heterocycles. The zero-order valence-corrected chi connectivity index (χ0v) is 19.7. The van der Waals surface area contributed by atoms with Gasteiger partial charge in [-0.2, -0.15) is 0 Å². The van der Waals surface area contributed by atoms with Gasteiger partial charge in [0.25, 0.3) is 0 Å². The Bertz CT molecular complexity index is 1060. The van der Waals surface area contributed by atoms with E-state index < -0.39 is 17.9 Å². The van der Waals surface area contributed by atoms with Crippen LogP contribution >= 0.6 is 0 Å². The highest BCUT2D eigenvalue weighted by Gasteiger charge is 2.36. The third-order valence-electron chi connectivity index (χ3n) is 5.18. The molecule has 2 aromatic carbocycles. The van der Waals surface area contributed by atoms with Crippen molar-refractivity contribution in [3.8, 4) is 23.0 Å². The first-order chi connectivity index (χ1) is 16.4. The van der Waals surface area contributed by atoms with Crippen LogP contribution in [0.15, 0.2) is 47.9 Å². The van der Waals surface area contributed by atoms with E-state index in [-0.39, 0.29) is 37.7 Å². The molecule has 1 unspecified atom stereocenters. The van der Waals surface area contributed by atoms with Crippen LogP contribution in [-0.4, -0.2) is 39.4 Å². The van der Waals surface area contributed by atoms with Gasteiger partial charge in [-0.15, -0.1) is 0 Å². The van der Waals surface area contributed by atoms with Crippen LogP contribution in [0.5, 0.6) is 23.0 Å². The van der Waals surface area contributed by atoms with Gasteiger partial charge in [0, 0.05) is 17.5 Å². The molecule has 2 N–H and O–H groups in total. The van der Waals surface area contributed by atoms with Crippen LogP contribution in [0, 0.1) is 0 Å². The molecule has 0 saturated carbocycles. The van der Waals surface area contributed by atoms with Crippen molar-refractivity contribution < 1.29 is 38.0 Å². The fourth-order valence-electron chi connectivity index (χ4n) is 3.65. The summed E-state index contributed by atoms with van der Waals surface area (Å²) in [5.74, 6) is 0.313. The summed E-state index contributed by atoms with van der Waals surface area (Å²) < 4.78 is 32.5. The standard InChI is InChI=1S/C25H29NO8/c1-5-31-22(27)13-20-19-12-16(33-14-15-9-17(29-3)11-18(10-15)30-4)7-8-21(19)34-24(26)23(20)25(28)32-6-2/h7-12,20H,5-6,13-14,26H2,1-4H3. The third kappa shape index (κ3) is 5.72. The molecule has 0 fully saturated rings. The van der Waals surface area contributed by atoms with Gasteiger partial charge in [0.1, 0.15) is 35.2 Å². The van der Waals surface area contributed by atoms with Gasteiger partial charge >= 0.3 is 11.9 Å². The normalized spacial score (nSPS) is 14.5. The number of carbonyl (C=O) groups is 2. The fourth-order valence-corrected chi connectivity index (χ4v) is 3.65. The van der Waals surface area contributed by atoms with E-state index in [1.807, 2.05) is 12.1 Å². The average Bonchev–Trinajstić information content (AvgIpc) is 2.82. The van der Waals surface area contributed by atoms with Gasteiger partial charge in [-0.05, 0) is 49.7 Å². The number of nitrogens with two attached hydrogens (primary N) is 1. The van der Waals surface area contributed by atoms with Crippen molar-refractivity contribution in [3.63, 3.8) is 0 Å². The fraction of sp³-hybridized carbons (Fsp3) is 0.360. The minimum Gasteiger partial charge on any atom is -0.497 e. The van der Waals surface area contributed by atoms with E-state index in [0.29, 0.717) is 28.6 Å². The number of esters is 2. The molecule has 0 aromatic heterocycles. The summed E-state index contributed by atoms with van der Waals surface area (Å²) in [4.78, 5) is 25.0. The van der Waals surface area contributed by atoms with Crippen LogP contribution < -0.4 is 24.7 Å². The van der Waals surface area contributed by atoms with E-state index in [9.17, 15) is 9.59 Å². The van der Waals surface area contributed by atoms with Gasteiger partial charge in [-0.1, -0.05) is 0 Å². The Hall–Kier alpha value is -3.88. The van der Waals surface area contributed by atoms with Crippen molar-refractivity contribution in [3.05, 3.63) is 59.0 Å². The Morgan fingerprint density at radius 2 is 1.62 bits per heavy atom. The summed E-state index contributed by atoms with van der Waals surface area (Å²) in [6.45, 7) is 4.01. The second-order valence-electron chi connectivity index (χ2n) is 7.37. The van der Waals surface area contributed by atoms with E-state index in [4.69, 9.17) is 34.2 Å². The Morgan fingerprint density at radius 3 is 2.24 bits per heavy atom.